The fourth-order valence-corrected chi connectivity index (χ4v) is 1.61. The van der Waals surface area contributed by atoms with E-state index < -0.39 is 0 Å². The molecule has 2 aromatic heterocycles. The van der Waals surface area contributed by atoms with E-state index in [0.717, 1.165) is 11.3 Å². The van der Waals surface area contributed by atoms with E-state index in [1.807, 2.05) is 19.2 Å². The molecule has 4 nitrogen and oxygen atoms in total. The highest BCUT2D eigenvalue weighted by Crippen LogP contribution is 2.08. The Bertz CT molecular complexity index is 478. The normalized spacial score (nSPS) is 13.2. The summed E-state index contributed by atoms with van der Waals surface area (Å²) in [5.74, 6) is 0. The van der Waals surface area contributed by atoms with Crippen molar-refractivity contribution in [3.63, 3.8) is 0 Å². The maximum atomic E-state index is 8.94. The van der Waals surface area contributed by atoms with Gasteiger partial charge in [-0.3, -0.25) is 0 Å². The molecule has 0 aliphatic carbocycles. The van der Waals surface area contributed by atoms with Gasteiger partial charge in [0, 0.05) is 18.8 Å². The molecule has 0 fully saturated rings. The fraction of sp³-hybridized carbons (Fsp3) is 0.417. The van der Waals surface area contributed by atoms with E-state index in [1.165, 1.54) is 5.56 Å². The van der Waals surface area contributed by atoms with Crippen LogP contribution in [0.25, 0.3) is 5.65 Å². The van der Waals surface area contributed by atoms with Gasteiger partial charge in [0.05, 0.1) is 18.5 Å². The van der Waals surface area contributed by atoms with Gasteiger partial charge in [0.1, 0.15) is 5.65 Å². The van der Waals surface area contributed by atoms with Gasteiger partial charge in [0.2, 0.25) is 0 Å². The number of aryl methyl sites for hydroxylation is 1. The minimum absolute atomic E-state index is 0.107. The number of aliphatic hydroxyl groups excluding tert-OH is 1. The Balaban J connectivity index is 2.21. The van der Waals surface area contributed by atoms with Crippen LogP contribution in [0.2, 0.25) is 0 Å². The molecule has 2 N–H and O–H groups in total. The summed E-state index contributed by atoms with van der Waals surface area (Å²) in [4.78, 5) is 4.32. The number of aliphatic hydroxyl groups is 1. The van der Waals surface area contributed by atoms with Crippen LogP contribution < -0.4 is 5.32 Å². The maximum Gasteiger partial charge on any atom is 0.136 e. The van der Waals surface area contributed by atoms with Crippen molar-refractivity contribution in [1.82, 2.24) is 14.7 Å². The van der Waals surface area contributed by atoms with Crippen molar-refractivity contribution in [1.29, 1.82) is 0 Å². The average molecular weight is 219 g/mol. The zero-order valence-electron chi connectivity index (χ0n) is 9.64. The van der Waals surface area contributed by atoms with Crippen LogP contribution in [-0.2, 0) is 6.54 Å². The van der Waals surface area contributed by atoms with Crippen LogP contribution in [0.15, 0.2) is 24.5 Å². The molecule has 0 spiro atoms. The SMILES string of the molecule is Cc1ccc2ncc(CN[C@H](C)CO)n2c1. The molecule has 0 aliphatic rings. The zero-order chi connectivity index (χ0) is 11.5. The Morgan fingerprint density at radius 1 is 1.50 bits per heavy atom. The van der Waals surface area contributed by atoms with Crippen LogP contribution in [0.5, 0.6) is 0 Å². The highest BCUT2D eigenvalue weighted by atomic mass is 16.3. The lowest BCUT2D eigenvalue weighted by atomic mass is 10.3. The van der Waals surface area contributed by atoms with Crippen LogP contribution in [0, 0.1) is 6.92 Å². The lowest BCUT2D eigenvalue weighted by molar-refractivity contribution is 0.250. The number of aromatic nitrogens is 2. The Morgan fingerprint density at radius 3 is 3.06 bits per heavy atom. The number of nitrogens with zero attached hydrogens (tertiary/aromatic N) is 2. The average Bonchev–Trinajstić information content (AvgIpc) is 2.68. The van der Waals surface area contributed by atoms with Crippen molar-refractivity contribution in [2.24, 2.45) is 0 Å². The first kappa shape index (κ1) is 11.1. The van der Waals surface area contributed by atoms with E-state index in [2.05, 4.69) is 33.9 Å². The molecule has 0 aliphatic heterocycles. The van der Waals surface area contributed by atoms with Crippen LogP contribution >= 0.6 is 0 Å². The van der Waals surface area contributed by atoms with Crippen LogP contribution in [-0.4, -0.2) is 27.1 Å². The Labute approximate surface area is 94.9 Å². The van der Waals surface area contributed by atoms with E-state index in [1.54, 1.807) is 0 Å². The molecule has 0 radical (unpaired) electrons. The minimum Gasteiger partial charge on any atom is -0.395 e. The van der Waals surface area contributed by atoms with E-state index in [0.29, 0.717) is 6.54 Å². The van der Waals surface area contributed by atoms with Gasteiger partial charge in [0.25, 0.3) is 0 Å². The van der Waals surface area contributed by atoms with Crippen LogP contribution in [0.4, 0.5) is 0 Å². The summed E-state index contributed by atoms with van der Waals surface area (Å²) >= 11 is 0. The van der Waals surface area contributed by atoms with Gasteiger partial charge in [-0.2, -0.15) is 0 Å². The maximum absolute atomic E-state index is 8.94. The van der Waals surface area contributed by atoms with Crippen molar-refractivity contribution in [3.05, 3.63) is 35.8 Å². The summed E-state index contributed by atoms with van der Waals surface area (Å²) in [5, 5.41) is 12.2. The molecule has 86 valence electrons. The summed E-state index contributed by atoms with van der Waals surface area (Å²) in [7, 11) is 0. The molecule has 0 amide bonds. The van der Waals surface area contributed by atoms with Crippen molar-refractivity contribution in [3.8, 4) is 0 Å². The molecular weight excluding hydrogens is 202 g/mol. The third kappa shape index (κ3) is 2.23. The second kappa shape index (κ2) is 4.63. The molecule has 16 heavy (non-hydrogen) atoms. The van der Waals surface area contributed by atoms with E-state index >= 15 is 0 Å². The zero-order valence-corrected chi connectivity index (χ0v) is 9.64. The Kier molecular flexibility index (Phi) is 3.22. The lowest BCUT2D eigenvalue weighted by Gasteiger charge is -2.10. The molecule has 1 atom stereocenters. The summed E-state index contributed by atoms with van der Waals surface area (Å²) < 4.78 is 2.08. The fourth-order valence-electron chi connectivity index (χ4n) is 1.61. The quantitative estimate of drug-likeness (QED) is 0.810. The summed E-state index contributed by atoms with van der Waals surface area (Å²) in [6.07, 6.45) is 3.94. The van der Waals surface area contributed by atoms with Gasteiger partial charge in [-0.15, -0.1) is 0 Å². The molecule has 0 unspecified atom stereocenters. The Morgan fingerprint density at radius 2 is 2.31 bits per heavy atom. The highest BCUT2D eigenvalue weighted by molar-refractivity contribution is 5.41. The van der Waals surface area contributed by atoms with Crippen molar-refractivity contribution < 1.29 is 5.11 Å². The van der Waals surface area contributed by atoms with Crippen molar-refractivity contribution >= 4 is 5.65 Å². The molecule has 0 saturated heterocycles. The molecule has 0 bridgehead atoms. The predicted octanol–water partition coefficient (Wildman–Crippen LogP) is 1.11. The van der Waals surface area contributed by atoms with Gasteiger partial charge in [-0.1, -0.05) is 6.07 Å². The summed E-state index contributed by atoms with van der Waals surface area (Å²) in [6.45, 7) is 4.88. The summed E-state index contributed by atoms with van der Waals surface area (Å²) in [5.41, 5.74) is 3.28. The largest absolute Gasteiger partial charge is 0.395 e. The standard InChI is InChI=1S/C12H17N3O/c1-9-3-4-12-14-6-11(15(12)7-9)5-13-10(2)8-16/h3-4,6-7,10,13,16H,5,8H2,1-2H3/t10-/m1/s1. The highest BCUT2D eigenvalue weighted by Gasteiger charge is 2.04. The predicted molar refractivity (Wildman–Crippen MR) is 63.3 cm³/mol. The smallest absolute Gasteiger partial charge is 0.136 e. The number of hydrogen-bond donors (Lipinski definition) is 2. The van der Waals surface area contributed by atoms with Gasteiger partial charge in [0.15, 0.2) is 0 Å². The van der Waals surface area contributed by atoms with Gasteiger partial charge >= 0.3 is 0 Å². The van der Waals surface area contributed by atoms with E-state index in [4.69, 9.17) is 5.11 Å². The van der Waals surface area contributed by atoms with Gasteiger partial charge < -0.3 is 14.8 Å². The minimum atomic E-state index is 0.107. The molecule has 4 heteroatoms. The third-order valence-corrected chi connectivity index (χ3v) is 2.64. The number of pyridine rings is 1. The van der Waals surface area contributed by atoms with Gasteiger partial charge in [-0.25, -0.2) is 4.98 Å². The second-order valence-corrected chi connectivity index (χ2v) is 4.15. The second-order valence-electron chi connectivity index (χ2n) is 4.15. The number of fused-ring (bicyclic) bond motifs is 1. The topological polar surface area (TPSA) is 49.6 Å². The summed E-state index contributed by atoms with van der Waals surface area (Å²) in [6, 6.07) is 4.17. The van der Waals surface area contributed by atoms with Crippen LogP contribution in [0.3, 0.4) is 0 Å². The number of rotatable bonds is 4. The first-order valence-corrected chi connectivity index (χ1v) is 5.47. The number of imidazole rings is 1. The number of nitrogens with one attached hydrogen (secondary N) is 1. The molecule has 2 heterocycles. The molecule has 0 saturated carbocycles. The molecule has 2 rings (SSSR count). The molecule has 2 aromatic rings. The monoisotopic (exact) mass is 219 g/mol. The molecular formula is C12H17N3O. The van der Waals surface area contributed by atoms with Crippen LogP contribution in [0.1, 0.15) is 18.2 Å². The third-order valence-electron chi connectivity index (χ3n) is 2.64. The number of hydrogen-bond acceptors (Lipinski definition) is 3. The lowest BCUT2D eigenvalue weighted by Crippen LogP contribution is -2.29. The first-order chi connectivity index (χ1) is 7.70. The van der Waals surface area contributed by atoms with Gasteiger partial charge in [-0.05, 0) is 25.5 Å². The van der Waals surface area contributed by atoms with E-state index in [-0.39, 0.29) is 12.6 Å². The van der Waals surface area contributed by atoms with E-state index in [9.17, 15) is 0 Å². The first-order valence-electron chi connectivity index (χ1n) is 5.47. The van der Waals surface area contributed by atoms with Crippen molar-refractivity contribution in [2.45, 2.75) is 26.4 Å². The van der Waals surface area contributed by atoms with Crippen molar-refractivity contribution in [2.75, 3.05) is 6.61 Å². The molecule has 0 aromatic carbocycles. The Hall–Kier alpha value is -1.39.